The highest BCUT2D eigenvalue weighted by atomic mass is 16.5. The normalized spacial score (nSPS) is 46.4. The molecule has 0 aromatic rings. The SMILES string of the molecule is CC(C(O)O)C1CC[C@H]2[C@@H]3CCC4=CC(=O)C(C(=O)O)C[C@]4(C)[C@@H]3CC[C@]12C. The minimum atomic E-state index is -1.27. The Balaban J connectivity index is 1.64. The van der Waals surface area contributed by atoms with Gasteiger partial charge < -0.3 is 15.3 Å². The third kappa shape index (κ3) is 2.72. The molecule has 3 N–H and O–H groups in total. The molecular weight excluding hydrogens is 356 g/mol. The van der Waals surface area contributed by atoms with Crippen molar-refractivity contribution in [2.45, 2.75) is 72.0 Å². The van der Waals surface area contributed by atoms with Gasteiger partial charge in [-0.3, -0.25) is 9.59 Å². The molecule has 28 heavy (non-hydrogen) atoms. The fourth-order valence-electron chi connectivity index (χ4n) is 7.96. The summed E-state index contributed by atoms with van der Waals surface area (Å²) in [7, 11) is 0. The van der Waals surface area contributed by atoms with Crippen molar-refractivity contribution in [1.82, 2.24) is 0 Å². The number of carboxylic acid groups (broad SMARTS) is 1. The Morgan fingerprint density at radius 3 is 2.50 bits per heavy atom. The molecule has 0 spiro atoms. The topological polar surface area (TPSA) is 94.8 Å². The van der Waals surface area contributed by atoms with Gasteiger partial charge in [0.1, 0.15) is 5.92 Å². The number of aliphatic hydroxyl groups excluding tert-OH is 1. The third-order valence-corrected chi connectivity index (χ3v) is 9.50. The van der Waals surface area contributed by atoms with Gasteiger partial charge in [-0.1, -0.05) is 26.3 Å². The van der Waals surface area contributed by atoms with Gasteiger partial charge in [0.05, 0.1) is 0 Å². The first-order chi connectivity index (χ1) is 13.1. The summed E-state index contributed by atoms with van der Waals surface area (Å²) < 4.78 is 0. The van der Waals surface area contributed by atoms with Crippen molar-refractivity contribution >= 4 is 11.8 Å². The van der Waals surface area contributed by atoms with Crippen molar-refractivity contribution in [2.24, 2.45) is 46.3 Å². The maximum Gasteiger partial charge on any atom is 0.314 e. The van der Waals surface area contributed by atoms with Gasteiger partial charge >= 0.3 is 5.97 Å². The van der Waals surface area contributed by atoms with Gasteiger partial charge in [-0.05, 0) is 85.5 Å². The number of ketones is 1. The second-order valence-corrected chi connectivity index (χ2v) is 10.5. The summed E-state index contributed by atoms with van der Waals surface area (Å²) in [4.78, 5) is 24.0. The van der Waals surface area contributed by atoms with Crippen molar-refractivity contribution in [3.05, 3.63) is 11.6 Å². The molecule has 0 aliphatic heterocycles. The van der Waals surface area contributed by atoms with E-state index in [9.17, 15) is 24.9 Å². The number of carbonyl (C=O) groups is 2. The molecule has 8 atom stereocenters. The van der Waals surface area contributed by atoms with Crippen molar-refractivity contribution in [2.75, 3.05) is 0 Å². The van der Waals surface area contributed by atoms with Gasteiger partial charge in [0.25, 0.3) is 0 Å². The summed E-state index contributed by atoms with van der Waals surface area (Å²) in [6, 6.07) is 0. The van der Waals surface area contributed by atoms with Crippen LogP contribution in [0.4, 0.5) is 0 Å². The van der Waals surface area contributed by atoms with Crippen LogP contribution in [-0.4, -0.2) is 33.4 Å². The van der Waals surface area contributed by atoms with Gasteiger partial charge in [0.15, 0.2) is 12.1 Å². The van der Waals surface area contributed by atoms with E-state index in [1.807, 2.05) is 6.92 Å². The molecule has 0 aromatic heterocycles. The second kappa shape index (κ2) is 6.66. The number of carbonyl (C=O) groups excluding carboxylic acids is 1. The van der Waals surface area contributed by atoms with Crippen LogP contribution in [0.5, 0.6) is 0 Å². The third-order valence-electron chi connectivity index (χ3n) is 9.50. The number of hydrogen-bond donors (Lipinski definition) is 3. The first-order valence-electron chi connectivity index (χ1n) is 10.9. The molecule has 4 aliphatic carbocycles. The van der Waals surface area contributed by atoms with Crippen molar-refractivity contribution in [3.63, 3.8) is 0 Å². The molecule has 156 valence electrons. The zero-order valence-electron chi connectivity index (χ0n) is 17.2. The summed E-state index contributed by atoms with van der Waals surface area (Å²) in [6.07, 6.45) is 7.05. The van der Waals surface area contributed by atoms with E-state index >= 15 is 0 Å². The summed E-state index contributed by atoms with van der Waals surface area (Å²) in [5.74, 6) is -0.404. The average molecular weight is 391 g/mol. The average Bonchev–Trinajstić information content (AvgIpc) is 2.98. The monoisotopic (exact) mass is 390 g/mol. The molecule has 5 nitrogen and oxygen atoms in total. The molecule has 5 heteroatoms. The van der Waals surface area contributed by atoms with Gasteiger partial charge in [-0.15, -0.1) is 0 Å². The predicted octanol–water partition coefficient (Wildman–Crippen LogP) is 3.39. The Bertz CT molecular complexity index is 712. The molecule has 0 aromatic carbocycles. The molecule has 0 amide bonds. The maximum absolute atomic E-state index is 12.3. The minimum Gasteiger partial charge on any atom is -0.481 e. The Hall–Kier alpha value is -1.20. The van der Waals surface area contributed by atoms with Crippen LogP contribution in [0.25, 0.3) is 0 Å². The number of allylic oxidation sites excluding steroid dienone is 1. The summed E-state index contributed by atoms with van der Waals surface area (Å²) >= 11 is 0. The Kier molecular flexibility index (Phi) is 4.78. The zero-order chi connectivity index (χ0) is 20.4. The minimum absolute atomic E-state index is 0.120. The second-order valence-electron chi connectivity index (χ2n) is 10.5. The Morgan fingerprint density at radius 1 is 1.14 bits per heavy atom. The quantitative estimate of drug-likeness (QED) is 0.507. The lowest BCUT2D eigenvalue weighted by Gasteiger charge is -2.59. The standard InChI is InChI=1S/C23H34O5/c1-12(20(25)26)16-6-7-17-14-5-4-13-10-19(24)15(21(27)28)11-23(13,3)18(14)8-9-22(16,17)2/h10,12,14-18,20,25-26H,4-9,11H2,1-3H3,(H,27,28)/t12?,14-,15?,16?,17-,18+,22+,23-/m0/s1. The summed E-state index contributed by atoms with van der Waals surface area (Å²) in [6.45, 7) is 6.51. The van der Waals surface area contributed by atoms with Crippen molar-refractivity contribution < 1.29 is 24.9 Å². The number of aliphatic carboxylic acids is 1. The molecule has 0 radical (unpaired) electrons. The molecule has 0 heterocycles. The van der Waals surface area contributed by atoms with E-state index in [1.165, 1.54) is 5.57 Å². The van der Waals surface area contributed by atoms with Crippen LogP contribution in [0.1, 0.15) is 65.7 Å². The van der Waals surface area contributed by atoms with Crippen LogP contribution in [0.3, 0.4) is 0 Å². The van der Waals surface area contributed by atoms with E-state index < -0.39 is 18.2 Å². The van der Waals surface area contributed by atoms with Gasteiger partial charge in [-0.25, -0.2) is 0 Å². The van der Waals surface area contributed by atoms with Crippen LogP contribution < -0.4 is 0 Å². The number of carboxylic acids is 1. The fraction of sp³-hybridized carbons (Fsp3) is 0.826. The zero-order valence-corrected chi connectivity index (χ0v) is 17.2. The molecule has 4 rings (SSSR count). The first kappa shape index (κ1) is 20.1. The first-order valence-corrected chi connectivity index (χ1v) is 10.9. The Labute approximate surface area is 167 Å². The van der Waals surface area contributed by atoms with Crippen LogP contribution >= 0.6 is 0 Å². The highest BCUT2D eigenvalue weighted by Gasteiger charge is 2.60. The van der Waals surface area contributed by atoms with Gasteiger partial charge in [0, 0.05) is 5.92 Å². The predicted molar refractivity (Wildman–Crippen MR) is 104 cm³/mol. The van der Waals surface area contributed by atoms with Crippen LogP contribution in [-0.2, 0) is 9.59 Å². The molecule has 0 bridgehead atoms. The molecule has 0 saturated heterocycles. The van der Waals surface area contributed by atoms with Crippen LogP contribution in [0, 0.1) is 46.3 Å². The maximum atomic E-state index is 12.3. The number of hydrogen-bond acceptors (Lipinski definition) is 4. The lowest BCUT2D eigenvalue weighted by molar-refractivity contribution is -0.149. The lowest BCUT2D eigenvalue weighted by Crippen LogP contribution is -2.52. The lowest BCUT2D eigenvalue weighted by atomic mass is 9.46. The fourth-order valence-corrected chi connectivity index (χ4v) is 7.96. The largest absolute Gasteiger partial charge is 0.481 e. The smallest absolute Gasteiger partial charge is 0.314 e. The van der Waals surface area contributed by atoms with Crippen LogP contribution in [0.2, 0.25) is 0 Å². The highest BCUT2D eigenvalue weighted by Crippen LogP contribution is 2.67. The number of fused-ring (bicyclic) bond motifs is 5. The Morgan fingerprint density at radius 2 is 1.86 bits per heavy atom. The van der Waals surface area contributed by atoms with Crippen molar-refractivity contribution in [3.8, 4) is 0 Å². The van der Waals surface area contributed by atoms with Crippen LogP contribution in [0.15, 0.2) is 11.6 Å². The van der Waals surface area contributed by atoms with E-state index in [-0.39, 0.29) is 22.5 Å². The molecule has 4 aliphatic rings. The molecule has 3 fully saturated rings. The summed E-state index contributed by atoms with van der Waals surface area (Å²) in [5.41, 5.74) is 1.11. The van der Waals surface area contributed by atoms with E-state index in [1.54, 1.807) is 6.08 Å². The molecule has 3 unspecified atom stereocenters. The van der Waals surface area contributed by atoms with Gasteiger partial charge in [0.2, 0.25) is 0 Å². The van der Waals surface area contributed by atoms with E-state index in [2.05, 4.69) is 13.8 Å². The molecular formula is C23H34O5. The van der Waals surface area contributed by atoms with E-state index in [4.69, 9.17) is 0 Å². The summed E-state index contributed by atoms with van der Waals surface area (Å²) in [5, 5.41) is 29.1. The van der Waals surface area contributed by atoms with Gasteiger partial charge in [-0.2, -0.15) is 0 Å². The number of aliphatic hydroxyl groups is 2. The van der Waals surface area contributed by atoms with E-state index in [0.29, 0.717) is 30.1 Å². The number of rotatable bonds is 3. The highest BCUT2D eigenvalue weighted by molar-refractivity contribution is 6.05. The van der Waals surface area contributed by atoms with E-state index in [0.717, 1.165) is 38.5 Å². The van der Waals surface area contributed by atoms with Crippen molar-refractivity contribution in [1.29, 1.82) is 0 Å². The molecule has 3 saturated carbocycles.